The fourth-order valence-corrected chi connectivity index (χ4v) is 2.67. The van der Waals surface area contributed by atoms with Crippen LogP contribution >= 0.6 is 0 Å². The zero-order chi connectivity index (χ0) is 14.1. The molecular weight excluding hydrogens is 251 g/mol. The SMILES string of the molecule is Cc1c(CNc2cccc(F)c2)n(C)c2ccccc12. The first kappa shape index (κ1) is 12.7. The fraction of sp³-hybridized carbons (Fsp3) is 0.176. The fourth-order valence-electron chi connectivity index (χ4n) is 2.67. The summed E-state index contributed by atoms with van der Waals surface area (Å²) in [6.07, 6.45) is 0. The van der Waals surface area contributed by atoms with Crippen LogP contribution in [-0.4, -0.2) is 4.57 Å². The predicted octanol–water partition coefficient (Wildman–Crippen LogP) is 4.24. The van der Waals surface area contributed by atoms with Gasteiger partial charge < -0.3 is 9.88 Å². The number of anilines is 1. The molecule has 0 aliphatic carbocycles. The van der Waals surface area contributed by atoms with E-state index in [1.807, 2.05) is 12.1 Å². The monoisotopic (exact) mass is 268 g/mol. The van der Waals surface area contributed by atoms with Gasteiger partial charge in [-0.15, -0.1) is 0 Å². The molecule has 1 aromatic heterocycles. The normalized spacial score (nSPS) is 10.9. The van der Waals surface area contributed by atoms with Crippen LogP contribution in [0.5, 0.6) is 0 Å². The van der Waals surface area contributed by atoms with Gasteiger partial charge in [0.25, 0.3) is 0 Å². The summed E-state index contributed by atoms with van der Waals surface area (Å²) in [4.78, 5) is 0. The van der Waals surface area contributed by atoms with Gasteiger partial charge in [0.2, 0.25) is 0 Å². The van der Waals surface area contributed by atoms with Crippen LogP contribution in [0.25, 0.3) is 10.9 Å². The van der Waals surface area contributed by atoms with E-state index >= 15 is 0 Å². The first-order chi connectivity index (χ1) is 9.66. The first-order valence-electron chi connectivity index (χ1n) is 6.69. The van der Waals surface area contributed by atoms with Crippen molar-refractivity contribution in [2.75, 3.05) is 5.32 Å². The van der Waals surface area contributed by atoms with Crippen LogP contribution in [0.2, 0.25) is 0 Å². The Kier molecular flexibility index (Phi) is 3.18. The topological polar surface area (TPSA) is 17.0 Å². The highest BCUT2D eigenvalue weighted by Crippen LogP contribution is 2.25. The number of hydrogen-bond donors (Lipinski definition) is 1. The lowest BCUT2D eigenvalue weighted by atomic mass is 10.1. The Morgan fingerprint density at radius 3 is 2.65 bits per heavy atom. The zero-order valence-corrected chi connectivity index (χ0v) is 11.7. The molecule has 0 bridgehead atoms. The second-order valence-electron chi connectivity index (χ2n) is 5.01. The van der Waals surface area contributed by atoms with Crippen LogP contribution in [0.15, 0.2) is 48.5 Å². The van der Waals surface area contributed by atoms with Crippen LogP contribution in [0.3, 0.4) is 0 Å². The summed E-state index contributed by atoms with van der Waals surface area (Å²) in [6, 6.07) is 14.9. The number of hydrogen-bond acceptors (Lipinski definition) is 1. The van der Waals surface area contributed by atoms with E-state index in [1.165, 1.54) is 34.3 Å². The van der Waals surface area contributed by atoms with Crippen molar-refractivity contribution in [1.29, 1.82) is 0 Å². The number of rotatable bonds is 3. The summed E-state index contributed by atoms with van der Waals surface area (Å²) in [6.45, 7) is 2.81. The number of aryl methyl sites for hydroxylation is 2. The maximum absolute atomic E-state index is 13.2. The van der Waals surface area contributed by atoms with Crippen LogP contribution in [0, 0.1) is 12.7 Å². The van der Waals surface area contributed by atoms with E-state index in [9.17, 15) is 4.39 Å². The highest BCUT2D eigenvalue weighted by molar-refractivity contribution is 5.85. The molecule has 0 unspecified atom stereocenters. The van der Waals surface area contributed by atoms with E-state index in [1.54, 1.807) is 6.07 Å². The Bertz CT molecular complexity index is 720. The lowest BCUT2D eigenvalue weighted by Crippen LogP contribution is -2.05. The number of nitrogens with zero attached hydrogens (tertiary/aromatic N) is 1. The third kappa shape index (κ3) is 2.16. The Morgan fingerprint density at radius 1 is 1.10 bits per heavy atom. The molecule has 3 heteroatoms. The molecule has 0 saturated carbocycles. The molecule has 1 heterocycles. The van der Waals surface area contributed by atoms with Crippen molar-refractivity contribution in [3.05, 3.63) is 65.6 Å². The van der Waals surface area contributed by atoms with Crippen LogP contribution in [0.1, 0.15) is 11.3 Å². The van der Waals surface area contributed by atoms with Gasteiger partial charge in [0.15, 0.2) is 0 Å². The molecule has 102 valence electrons. The van der Waals surface area contributed by atoms with E-state index in [2.05, 4.69) is 42.1 Å². The molecule has 20 heavy (non-hydrogen) atoms. The minimum absolute atomic E-state index is 0.219. The molecule has 3 aromatic rings. The van der Waals surface area contributed by atoms with Gasteiger partial charge in [-0.25, -0.2) is 4.39 Å². The molecule has 0 atom stereocenters. The number of benzene rings is 2. The number of para-hydroxylation sites is 1. The largest absolute Gasteiger partial charge is 0.379 e. The molecule has 0 radical (unpaired) electrons. The van der Waals surface area contributed by atoms with E-state index < -0.39 is 0 Å². The summed E-state index contributed by atoms with van der Waals surface area (Å²) in [5, 5.41) is 4.55. The van der Waals surface area contributed by atoms with Gasteiger partial charge in [0, 0.05) is 29.3 Å². The Hall–Kier alpha value is -2.29. The van der Waals surface area contributed by atoms with Crippen LogP contribution < -0.4 is 5.32 Å². The summed E-state index contributed by atoms with van der Waals surface area (Å²) < 4.78 is 15.4. The van der Waals surface area contributed by atoms with Crippen molar-refractivity contribution in [3.8, 4) is 0 Å². The molecular formula is C17H17FN2. The third-order valence-corrected chi connectivity index (χ3v) is 3.79. The van der Waals surface area contributed by atoms with Crippen molar-refractivity contribution in [2.24, 2.45) is 7.05 Å². The molecule has 0 fully saturated rings. The van der Waals surface area contributed by atoms with Gasteiger partial charge in [-0.3, -0.25) is 0 Å². The predicted molar refractivity (Wildman–Crippen MR) is 81.4 cm³/mol. The smallest absolute Gasteiger partial charge is 0.125 e. The third-order valence-electron chi connectivity index (χ3n) is 3.79. The van der Waals surface area contributed by atoms with Gasteiger partial charge in [-0.2, -0.15) is 0 Å². The summed E-state index contributed by atoms with van der Waals surface area (Å²) >= 11 is 0. The van der Waals surface area contributed by atoms with Gasteiger partial charge in [0.1, 0.15) is 5.82 Å². The molecule has 2 nitrogen and oxygen atoms in total. The minimum Gasteiger partial charge on any atom is -0.379 e. The average molecular weight is 268 g/mol. The molecule has 1 N–H and O–H groups in total. The molecule has 0 aliphatic rings. The lowest BCUT2D eigenvalue weighted by molar-refractivity contribution is 0.628. The zero-order valence-electron chi connectivity index (χ0n) is 11.7. The number of aromatic nitrogens is 1. The van der Waals surface area contributed by atoms with Crippen LogP contribution in [0.4, 0.5) is 10.1 Å². The van der Waals surface area contributed by atoms with Crippen LogP contribution in [-0.2, 0) is 13.6 Å². The number of fused-ring (bicyclic) bond motifs is 1. The van der Waals surface area contributed by atoms with E-state index in [-0.39, 0.29) is 5.82 Å². The second kappa shape index (κ2) is 5.00. The summed E-state index contributed by atoms with van der Waals surface area (Å²) in [7, 11) is 2.07. The molecule has 0 saturated heterocycles. The standard InChI is InChI=1S/C17H17FN2/c1-12-15-8-3-4-9-16(15)20(2)17(12)11-19-14-7-5-6-13(18)10-14/h3-10,19H,11H2,1-2H3. The van der Waals surface area contributed by atoms with Gasteiger partial charge >= 0.3 is 0 Å². The minimum atomic E-state index is -0.219. The lowest BCUT2D eigenvalue weighted by Gasteiger charge is -2.09. The van der Waals surface area contributed by atoms with Crippen molar-refractivity contribution >= 4 is 16.6 Å². The molecule has 2 aromatic carbocycles. The van der Waals surface area contributed by atoms with Crippen molar-refractivity contribution in [2.45, 2.75) is 13.5 Å². The van der Waals surface area contributed by atoms with Gasteiger partial charge in [-0.1, -0.05) is 24.3 Å². The quantitative estimate of drug-likeness (QED) is 0.752. The van der Waals surface area contributed by atoms with E-state index in [0.29, 0.717) is 6.54 Å². The highest BCUT2D eigenvalue weighted by atomic mass is 19.1. The molecule has 3 rings (SSSR count). The highest BCUT2D eigenvalue weighted by Gasteiger charge is 2.10. The summed E-state index contributed by atoms with van der Waals surface area (Å²) in [5.74, 6) is -0.219. The number of halogens is 1. The number of nitrogens with one attached hydrogen (secondary N) is 1. The maximum Gasteiger partial charge on any atom is 0.125 e. The van der Waals surface area contributed by atoms with Gasteiger partial charge in [-0.05, 0) is 36.8 Å². The maximum atomic E-state index is 13.2. The van der Waals surface area contributed by atoms with Crippen molar-refractivity contribution < 1.29 is 4.39 Å². The Morgan fingerprint density at radius 2 is 1.90 bits per heavy atom. The van der Waals surface area contributed by atoms with E-state index in [0.717, 1.165) is 5.69 Å². The van der Waals surface area contributed by atoms with Crippen molar-refractivity contribution in [1.82, 2.24) is 4.57 Å². The van der Waals surface area contributed by atoms with E-state index in [4.69, 9.17) is 0 Å². The average Bonchev–Trinajstić information content (AvgIpc) is 2.70. The Balaban J connectivity index is 1.91. The second-order valence-corrected chi connectivity index (χ2v) is 5.01. The summed E-state index contributed by atoms with van der Waals surface area (Å²) in [5.41, 5.74) is 4.51. The first-order valence-corrected chi connectivity index (χ1v) is 6.69. The van der Waals surface area contributed by atoms with Gasteiger partial charge in [0.05, 0.1) is 6.54 Å². The van der Waals surface area contributed by atoms with Crippen molar-refractivity contribution in [3.63, 3.8) is 0 Å². The molecule has 0 amide bonds. The molecule has 0 aliphatic heterocycles. The molecule has 0 spiro atoms. The Labute approximate surface area is 117 Å².